The summed E-state index contributed by atoms with van der Waals surface area (Å²) in [5, 5.41) is 14.7. The van der Waals surface area contributed by atoms with E-state index in [4.69, 9.17) is 0 Å². The molecule has 3 nitrogen and oxygen atoms in total. The average molecular weight is 270 g/mol. The van der Waals surface area contributed by atoms with Gasteiger partial charge in [-0.15, -0.1) is 0 Å². The molecule has 106 valence electrons. The predicted molar refractivity (Wildman–Crippen MR) is 79.7 cm³/mol. The van der Waals surface area contributed by atoms with E-state index >= 15 is 0 Å². The van der Waals surface area contributed by atoms with E-state index in [1.54, 1.807) is 6.20 Å². The van der Waals surface area contributed by atoms with Gasteiger partial charge in [0.15, 0.2) is 0 Å². The summed E-state index contributed by atoms with van der Waals surface area (Å²) in [6.07, 6.45) is 7.58. The van der Waals surface area contributed by atoms with E-state index in [1.165, 1.54) is 36.0 Å². The molecule has 3 rings (SSSR count). The number of hydrogen-bond donors (Lipinski definition) is 1. The molecule has 1 unspecified atom stereocenters. The Bertz CT molecular complexity index is 601. The van der Waals surface area contributed by atoms with Crippen molar-refractivity contribution < 1.29 is 5.11 Å². The minimum absolute atomic E-state index is 0.330. The van der Waals surface area contributed by atoms with Crippen LogP contribution in [-0.4, -0.2) is 14.9 Å². The van der Waals surface area contributed by atoms with Crippen molar-refractivity contribution in [2.45, 2.75) is 51.7 Å². The van der Waals surface area contributed by atoms with Crippen LogP contribution >= 0.6 is 0 Å². The van der Waals surface area contributed by atoms with Gasteiger partial charge < -0.3 is 5.11 Å². The molecule has 3 heteroatoms. The maximum absolute atomic E-state index is 10.4. The summed E-state index contributed by atoms with van der Waals surface area (Å²) in [4.78, 5) is 0. The van der Waals surface area contributed by atoms with Crippen molar-refractivity contribution in [2.24, 2.45) is 0 Å². The minimum Gasteiger partial charge on any atom is -0.388 e. The van der Waals surface area contributed by atoms with Crippen LogP contribution in [0.3, 0.4) is 0 Å². The third-order valence-electron chi connectivity index (χ3n) is 4.13. The van der Waals surface area contributed by atoms with Gasteiger partial charge in [-0.05, 0) is 49.8 Å². The molecule has 2 aromatic rings. The lowest BCUT2D eigenvalue weighted by Crippen LogP contribution is -2.03. The molecule has 1 aromatic carbocycles. The predicted octanol–water partition coefficient (Wildman–Crippen LogP) is 3.23. The third-order valence-corrected chi connectivity index (χ3v) is 4.13. The summed E-state index contributed by atoms with van der Waals surface area (Å²) in [5.41, 5.74) is 5.07. The fourth-order valence-electron chi connectivity index (χ4n) is 2.90. The number of nitrogens with zero attached hydrogens (tertiary/aromatic N) is 2. The van der Waals surface area contributed by atoms with Gasteiger partial charge in [0.1, 0.15) is 0 Å². The van der Waals surface area contributed by atoms with Gasteiger partial charge in [0.05, 0.1) is 12.3 Å². The second-order valence-corrected chi connectivity index (χ2v) is 6.02. The largest absolute Gasteiger partial charge is 0.388 e. The Morgan fingerprint density at radius 2 is 2.05 bits per heavy atom. The van der Waals surface area contributed by atoms with Crippen LogP contribution in [0.15, 0.2) is 30.6 Å². The van der Waals surface area contributed by atoms with Crippen LogP contribution in [0.2, 0.25) is 0 Å². The summed E-state index contributed by atoms with van der Waals surface area (Å²) in [6.45, 7) is 4.17. The molecule has 1 N–H and O–H groups in total. The molecular formula is C17H22N2O. The lowest BCUT2D eigenvalue weighted by molar-refractivity contribution is 0.178. The zero-order chi connectivity index (χ0) is 14.1. The molecule has 0 saturated carbocycles. The van der Waals surface area contributed by atoms with Crippen molar-refractivity contribution in [3.8, 4) is 0 Å². The van der Waals surface area contributed by atoms with Gasteiger partial charge in [0, 0.05) is 24.2 Å². The second-order valence-electron chi connectivity index (χ2n) is 6.02. The molecule has 1 aliphatic rings. The van der Waals surface area contributed by atoms with Crippen LogP contribution in [0.1, 0.15) is 54.7 Å². The van der Waals surface area contributed by atoms with E-state index < -0.39 is 6.10 Å². The third kappa shape index (κ3) is 2.63. The molecule has 0 saturated heterocycles. The van der Waals surface area contributed by atoms with E-state index in [2.05, 4.69) is 37.1 Å². The zero-order valence-electron chi connectivity index (χ0n) is 12.2. The van der Waals surface area contributed by atoms with Crippen molar-refractivity contribution in [2.75, 3.05) is 0 Å². The first-order valence-electron chi connectivity index (χ1n) is 7.46. The summed E-state index contributed by atoms with van der Waals surface area (Å²) >= 11 is 0. The Hall–Kier alpha value is -1.61. The van der Waals surface area contributed by atoms with Gasteiger partial charge in [-0.1, -0.05) is 18.2 Å². The van der Waals surface area contributed by atoms with Gasteiger partial charge in [-0.25, -0.2) is 0 Å². The van der Waals surface area contributed by atoms with Crippen molar-refractivity contribution in [3.63, 3.8) is 0 Å². The molecule has 1 atom stereocenters. The highest BCUT2D eigenvalue weighted by atomic mass is 16.3. The normalized spacial score (nSPS) is 15.6. The summed E-state index contributed by atoms with van der Waals surface area (Å²) in [7, 11) is 0. The maximum Gasteiger partial charge on any atom is 0.0860 e. The Morgan fingerprint density at radius 1 is 1.25 bits per heavy atom. The number of hydrogen-bond acceptors (Lipinski definition) is 2. The molecule has 20 heavy (non-hydrogen) atoms. The van der Waals surface area contributed by atoms with Crippen LogP contribution in [0.25, 0.3) is 0 Å². The van der Waals surface area contributed by atoms with Crippen LogP contribution < -0.4 is 0 Å². The first-order chi connectivity index (χ1) is 9.63. The second kappa shape index (κ2) is 5.41. The van der Waals surface area contributed by atoms with Gasteiger partial charge in [0.2, 0.25) is 0 Å². The van der Waals surface area contributed by atoms with Crippen LogP contribution in [0, 0.1) is 0 Å². The Labute approximate surface area is 120 Å². The van der Waals surface area contributed by atoms with E-state index in [0.717, 1.165) is 5.56 Å². The van der Waals surface area contributed by atoms with Gasteiger partial charge in [-0.3, -0.25) is 4.68 Å². The van der Waals surface area contributed by atoms with Crippen LogP contribution in [0.4, 0.5) is 0 Å². The minimum atomic E-state index is -0.470. The number of aliphatic hydroxyl groups is 1. The molecule has 1 aliphatic carbocycles. The Morgan fingerprint density at radius 3 is 2.80 bits per heavy atom. The highest BCUT2D eigenvalue weighted by Gasteiger charge is 2.15. The molecular weight excluding hydrogens is 248 g/mol. The lowest BCUT2D eigenvalue weighted by atomic mass is 10.00. The number of aromatic nitrogens is 2. The molecule has 0 spiro atoms. The first-order valence-corrected chi connectivity index (χ1v) is 7.46. The quantitative estimate of drug-likeness (QED) is 0.926. The Balaban J connectivity index is 1.73. The molecule has 0 amide bonds. The molecule has 0 bridgehead atoms. The summed E-state index contributed by atoms with van der Waals surface area (Å²) in [6, 6.07) is 6.97. The molecule has 1 heterocycles. The highest BCUT2D eigenvalue weighted by molar-refractivity contribution is 5.35. The standard InChI is InChI=1S/C17H22N2O/c1-12(2)19-11-16(10-18-19)17(20)9-13-6-7-14-4-3-5-15(14)8-13/h6-8,10-12,17,20H,3-5,9H2,1-2H3. The number of benzene rings is 1. The molecule has 0 fully saturated rings. The van der Waals surface area contributed by atoms with E-state index in [9.17, 15) is 5.11 Å². The van der Waals surface area contributed by atoms with Crippen molar-refractivity contribution in [3.05, 3.63) is 52.8 Å². The molecule has 0 aliphatic heterocycles. The fourth-order valence-corrected chi connectivity index (χ4v) is 2.90. The summed E-state index contributed by atoms with van der Waals surface area (Å²) < 4.78 is 1.89. The first kappa shape index (κ1) is 13.4. The number of rotatable bonds is 4. The number of fused-ring (bicyclic) bond motifs is 1. The van der Waals surface area contributed by atoms with Gasteiger partial charge >= 0.3 is 0 Å². The van der Waals surface area contributed by atoms with E-state index in [-0.39, 0.29) is 0 Å². The van der Waals surface area contributed by atoms with Crippen LogP contribution in [0.5, 0.6) is 0 Å². The van der Waals surface area contributed by atoms with Gasteiger partial charge in [-0.2, -0.15) is 5.10 Å². The smallest absolute Gasteiger partial charge is 0.0860 e. The maximum atomic E-state index is 10.4. The average Bonchev–Trinajstić information content (AvgIpc) is 3.07. The van der Waals surface area contributed by atoms with Crippen LogP contribution in [-0.2, 0) is 19.3 Å². The molecule has 1 aromatic heterocycles. The fraction of sp³-hybridized carbons (Fsp3) is 0.471. The molecule has 0 radical (unpaired) electrons. The van der Waals surface area contributed by atoms with E-state index in [1.807, 2.05) is 10.9 Å². The lowest BCUT2D eigenvalue weighted by Gasteiger charge is -2.10. The van der Waals surface area contributed by atoms with Crippen molar-refractivity contribution in [1.82, 2.24) is 9.78 Å². The summed E-state index contributed by atoms with van der Waals surface area (Å²) in [5.74, 6) is 0. The zero-order valence-corrected chi connectivity index (χ0v) is 12.2. The van der Waals surface area contributed by atoms with Gasteiger partial charge in [0.25, 0.3) is 0 Å². The number of aryl methyl sites for hydroxylation is 2. The topological polar surface area (TPSA) is 38.0 Å². The highest BCUT2D eigenvalue weighted by Crippen LogP contribution is 2.25. The monoisotopic (exact) mass is 270 g/mol. The van der Waals surface area contributed by atoms with E-state index in [0.29, 0.717) is 12.5 Å². The SMILES string of the molecule is CC(C)n1cc(C(O)Cc2ccc3c(c2)CCC3)cn1. The Kier molecular flexibility index (Phi) is 3.62. The van der Waals surface area contributed by atoms with Crippen molar-refractivity contribution in [1.29, 1.82) is 0 Å². The number of aliphatic hydroxyl groups excluding tert-OH is 1. The van der Waals surface area contributed by atoms with Crippen molar-refractivity contribution >= 4 is 0 Å².